The lowest BCUT2D eigenvalue weighted by molar-refractivity contribution is 0.0933. The van der Waals surface area contributed by atoms with Crippen LogP contribution < -0.4 is 11.1 Å². The van der Waals surface area contributed by atoms with Gasteiger partial charge in [-0.3, -0.25) is 4.79 Å². The molecule has 0 fully saturated rings. The lowest BCUT2D eigenvalue weighted by Crippen LogP contribution is -2.41. The maximum atomic E-state index is 12.4. The first-order chi connectivity index (χ1) is 9.11. The van der Waals surface area contributed by atoms with Gasteiger partial charge in [-0.25, -0.2) is 0 Å². The second-order valence-electron chi connectivity index (χ2n) is 5.79. The summed E-state index contributed by atoms with van der Waals surface area (Å²) in [6, 6.07) is 0.0895. The average molecular weight is 280 g/mol. The number of carbonyl (C=O) groups is 1. The van der Waals surface area contributed by atoms with E-state index < -0.39 is 0 Å². The summed E-state index contributed by atoms with van der Waals surface area (Å²) in [5.74, 6) is 0.612. The molecule has 0 saturated heterocycles. The number of fused-ring (bicyclic) bond motifs is 1. The van der Waals surface area contributed by atoms with E-state index in [9.17, 15) is 4.79 Å². The van der Waals surface area contributed by atoms with E-state index in [2.05, 4.69) is 19.2 Å². The fraction of sp³-hybridized carbons (Fsp3) is 0.667. The molecule has 0 bridgehead atoms. The van der Waals surface area contributed by atoms with Crippen LogP contribution in [-0.2, 0) is 12.8 Å². The Hall–Kier alpha value is -0.870. The van der Waals surface area contributed by atoms with Gasteiger partial charge in [0.05, 0.1) is 5.56 Å². The molecule has 1 aromatic rings. The van der Waals surface area contributed by atoms with Crippen LogP contribution in [-0.4, -0.2) is 18.5 Å². The highest BCUT2D eigenvalue weighted by Crippen LogP contribution is 2.30. The van der Waals surface area contributed by atoms with Crippen LogP contribution in [0.15, 0.2) is 5.38 Å². The van der Waals surface area contributed by atoms with Gasteiger partial charge in [0.25, 0.3) is 5.91 Å². The molecule has 1 atom stereocenters. The Morgan fingerprint density at radius 1 is 1.42 bits per heavy atom. The molecule has 0 saturated carbocycles. The fourth-order valence-electron chi connectivity index (χ4n) is 2.73. The molecule has 0 aromatic carbocycles. The fourth-order valence-corrected chi connectivity index (χ4v) is 3.86. The van der Waals surface area contributed by atoms with Crippen LogP contribution in [0.4, 0.5) is 0 Å². The standard InChI is InChI=1S/C15H24N2OS/c1-10(2)7-11(8-16)17-15(18)13-9-19-14-6-4-3-5-12(13)14/h9-11H,3-8,16H2,1-2H3,(H,17,18). The van der Waals surface area contributed by atoms with Crippen molar-refractivity contribution in [2.24, 2.45) is 11.7 Å². The predicted octanol–water partition coefficient (Wildman–Crippen LogP) is 2.73. The molecule has 0 radical (unpaired) electrons. The molecular weight excluding hydrogens is 256 g/mol. The smallest absolute Gasteiger partial charge is 0.252 e. The van der Waals surface area contributed by atoms with Gasteiger partial charge < -0.3 is 11.1 Å². The molecule has 3 N–H and O–H groups in total. The molecule has 1 aliphatic rings. The number of nitrogens with two attached hydrogens (primary N) is 1. The van der Waals surface area contributed by atoms with E-state index in [1.165, 1.54) is 23.3 Å². The highest BCUT2D eigenvalue weighted by molar-refractivity contribution is 7.10. The van der Waals surface area contributed by atoms with Crippen molar-refractivity contribution in [1.29, 1.82) is 0 Å². The maximum Gasteiger partial charge on any atom is 0.252 e. The summed E-state index contributed by atoms with van der Waals surface area (Å²) in [5, 5.41) is 5.12. The van der Waals surface area contributed by atoms with E-state index in [1.807, 2.05) is 5.38 Å². The Kier molecular flexibility index (Phi) is 4.99. The minimum absolute atomic E-state index is 0.0653. The zero-order valence-electron chi connectivity index (χ0n) is 11.9. The van der Waals surface area contributed by atoms with Gasteiger partial charge in [0.2, 0.25) is 0 Å². The van der Waals surface area contributed by atoms with Crippen molar-refractivity contribution in [2.75, 3.05) is 6.54 Å². The number of hydrogen-bond donors (Lipinski definition) is 2. The van der Waals surface area contributed by atoms with Crippen molar-refractivity contribution >= 4 is 17.2 Å². The number of aryl methyl sites for hydroxylation is 1. The van der Waals surface area contributed by atoms with E-state index in [1.54, 1.807) is 11.3 Å². The number of amides is 1. The van der Waals surface area contributed by atoms with Crippen LogP contribution in [0.2, 0.25) is 0 Å². The lowest BCUT2D eigenvalue weighted by Gasteiger charge is -2.19. The minimum Gasteiger partial charge on any atom is -0.348 e. The lowest BCUT2D eigenvalue weighted by atomic mass is 9.95. The van der Waals surface area contributed by atoms with Gasteiger partial charge in [-0.05, 0) is 43.6 Å². The van der Waals surface area contributed by atoms with Crippen LogP contribution in [0.25, 0.3) is 0 Å². The third-order valence-electron chi connectivity index (χ3n) is 3.68. The van der Waals surface area contributed by atoms with E-state index in [-0.39, 0.29) is 11.9 Å². The molecule has 0 aliphatic heterocycles. The van der Waals surface area contributed by atoms with Gasteiger partial charge in [-0.2, -0.15) is 0 Å². The first-order valence-electron chi connectivity index (χ1n) is 7.22. The molecule has 1 amide bonds. The molecule has 2 rings (SSSR count). The molecule has 106 valence electrons. The molecule has 19 heavy (non-hydrogen) atoms. The first-order valence-corrected chi connectivity index (χ1v) is 8.10. The van der Waals surface area contributed by atoms with E-state index >= 15 is 0 Å². The Labute approximate surface area is 119 Å². The summed E-state index contributed by atoms with van der Waals surface area (Å²) in [6.07, 6.45) is 5.59. The maximum absolute atomic E-state index is 12.4. The van der Waals surface area contributed by atoms with Crippen molar-refractivity contribution in [2.45, 2.75) is 52.0 Å². The predicted molar refractivity (Wildman–Crippen MR) is 80.7 cm³/mol. The van der Waals surface area contributed by atoms with Gasteiger partial charge in [0.1, 0.15) is 0 Å². The SMILES string of the molecule is CC(C)CC(CN)NC(=O)c1csc2c1CCCC2. The van der Waals surface area contributed by atoms with Crippen molar-refractivity contribution in [3.05, 3.63) is 21.4 Å². The van der Waals surface area contributed by atoms with Crippen molar-refractivity contribution in [3.63, 3.8) is 0 Å². The highest BCUT2D eigenvalue weighted by Gasteiger charge is 2.21. The Morgan fingerprint density at radius 2 is 2.16 bits per heavy atom. The number of hydrogen-bond acceptors (Lipinski definition) is 3. The third kappa shape index (κ3) is 3.57. The second kappa shape index (κ2) is 6.53. The molecule has 3 nitrogen and oxygen atoms in total. The molecule has 1 heterocycles. The van der Waals surface area contributed by atoms with Crippen molar-refractivity contribution < 1.29 is 4.79 Å². The molecular formula is C15H24N2OS. The van der Waals surface area contributed by atoms with E-state index in [4.69, 9.17) is 5.73 Å². The largest absolute Gasteiger partial charge is 0.348 e. The van der Waals surface area contributed by atoms with Gasteiger partial charge in [0.15, 0.2) is 0 Å². The number of thiophene rings is 1. The number of rotatable bonds is 5. The molecule has 0 spiro atoms. The summed E-state index contributed by atoms with van der Waals surface area (Å²) >= 11 is 1.74. The zero-order chi connectivity index (χ0) is 13.8. The molecule has 1 unspecified atom stereocenters. The third-order valence-corrected chi connectivity index (χ3v) is 4.77. The summed E-state index contributed by atoms with van der Waals surface area (Å²) < 4.78 is 0. The minimum atomic E-state index is 0.0653. The normalized spacial score (nSPS) is 16.2. The monoisotopic (exact) mass is 280 g/mol. The zero-order valence-corrected chi connectivity index (χ0v) is 12.7. The van der Waals surface area contributed by atoms with Crippen LogP contribution in [0, 0.1) is 5.92 Å². The van der Waals surface area contributed by atoms with Crippen LogP contribution in [0.3, 0.4) is 0 Å². The number of nitrogens with one attached hydrogen (secondary N) is 1. The summed E-state index contributed by atoms with van der Waals surface area (Å²) in [6.45, 7) is 4.82. The summed E-state index contributed by atoms with van der Waals surface area (Å²) in [7, 11) is 0. The van der Waals surface area contributed by atoms with Gasteiger partial charge in [-0.15, -0.1) is 11.3 Å². The summed E-state index contributed by atoms with van der Waals surface area (Å²) in [4.78, 5) is 13.8. The highest BCUT2D eigenvalue weighted by atomic mass is 32.1. The molecule has 1 aromatic heterocycles. The van der Waals surface area contributed by atoms with Gasteiger partial charge in [0, 0.05) is 22.8 Å². The van der Waals surface area contributed by atoms with Crippen molar-refractivity contribution in [3.8, 4) is 0 Å². The average Bonchev–Trinajstić information content (AvgIpc) is 2.81. The summed E-state index contributed by atoms with van der Waals surface area (Å²) in [5.41, 5.74) is 7.93. The Balaban J connectivity index is 2.05. The van der Waals surface area contributed by atoms with Crippen molar-refractivity contribution in [1.82, 2.24) is 5.32 Å². The Bertz CT molecular complexity index is 439. The van der Waals surface area contributed by atoms with E-state index in [0.717, 1.165) is 24.8 Å². The molecule has 4 heteroatoms. The van der Waals surface area contributed by atoms with Crippen LogP contribution >= 0.6 is 11.3 Å². The first kappa shape index (κ1) is 14.5. The topological polar surface area (TPSA) is 55.1 Å². The van der Waals surface area contributed by atoms with E-state index in [0.29, 0.717) is 12.5 Å². The van der Waals surface area contributed by atoms with Gasteiger partial charge >= 0.3 is 0 Å². The molecule has 1 aliphatic carbocycles. The Morgan fingerprint density at radius 3 is 2.84 bits per heavy atom. The van der Waals surface area contributed by atoms with Crippen LogP contribution in [0.5, 0.6) is 0 Å². The van der Waals surface area contributed by atoms with Gasteiger partial charge in [-0.1, -0.05) is 13.8 Å². The quantitative estimate of drug-likeness (QED) is 0.871. The van der Waals surface area contributed by atoms with Crippen LogP contribution in [0.1, 0.15) is 53.9 Å². The second-order valence-corrected chi connectivity index (χ2v) is 6.76. The number of carbonyl (C=O) groups excluding carboxylic acids is 1.